The fraction of sp³-hybridized carbons (Fsp3) is 0.364. The zero-order valence-corrected chi connectivity index (χ0v) is 59.5. The van der Waals surface area contributed by atoms with Crippen LogP contribution < -0.4 is 4.74 Å². The van der Waals surface area contributed by atoms with Crippen LogP contribution >= 0.6 is 0 Å². The van der Waals surface area contributed by atoms with Crippen molar-refractivity contribution >= 4 is 0 Å². The van der Waals surface area contributed by atoms with Crippen molar-refractivity contribution in [3.05, 3.63) is 330 Å². The third-order valence-electron chi connectivity index (χ3n) is 18.8. The second-order valence-electron chi connectivity index (χ2n) is 26.4. The number of hydrogen-bond acceptors (Lipinski definition) is 16. The minimum atomic E-state index is -1.27. The van der Waals surface area contributed by atoms with Crippen LogP contribution in [-0.4, -0.2) is 120 Å². The van der Waals surface area contributed by atoms with Gasteiger partial charge >= 0.3 is 0 Å². The number of ether oxygens (including phenoxy) is 16. The van der Waals surface area contributed by atoms with E-state index in [0.29, 0.717) is 19.6 Å². The Morgan fingerprint density at radius 3 is 0.923 bits per heavy atom. The second kappa shape index (κ2) is 41.0. The molecule has 0 aromatic heterocycles. The highest BCUT2D eigenvalue weighted by molar-refractivity contribution is 5.27. The van der Waals surface area contributed by atoms with Crippen LogP contribution in [0.4, 0.5) is 0 Å². The van der Waals surface area contributed by atoms with Gasteiger partial charge in [0.15, 0.2) is 18.9 Å². The van der Waals surface area contributed by atoms with Crippen LogP contribution in [0.25, 0.3) is 0 Å². The van der Waals surface area contributed by atoms with E-state index in [1.54, 1.807) is 7.11 Å². The van der Waals surface area contributed by atoms with E-state index in [-0.39, 0.29) is 78.6 Å². The van der Waals surface area contributed by atoms with Gasteiger partial charge in [-0.05, 0) is 75.0 Å². The van der Waals surface area contributed by atoms with Crippen molar-refractivity contribution < 1.29 is 75.8 Å². The maximum absolute atomic E-state index is 7.85. The van der Waals surface area contributed by atoms with Gasteiger partial charge in [-0.25, -0.2) is 0 Å². The molecular formula is C88H98O16. The summed E-state index contributed by atoms with van der Waals surface area (Å²) in [4.78, 5) is 0. The fourth-order valence-corrected chi connectivity index (χ4v) is 13.2. The highest BCUT2D eigenvalue weighted by Gasteiger charge is 2.57. The molecule has 3 fully saturated rings. The molecule has 12 rings (SSSR count). The topological polar surface area (TPSA) is 148 Å². The van der Waals surface area contributed by atoms with Crippen molar-refractivity contribution in [2.75, 3.05) is 33.5 Å². The summed E-state index contributed by atoms with van der Waals surface area (Å²) in [6.45, 7) is 8.67. The van der Waals surface area contributed by atoms with Gasteiger partial charge in [-0.2, -0.15) is 0 Å². The predicted octanol–water partition coefficient (Wildman–Crippen LogP) is 15.7. The molecule has 16 heteroatoms. The van der Waals surface area contributed by atoms with Crippen LogP contribution in [0.15, 0.2) is 280 Å². The summed E-state index contributed by atoms with van der Waals surface area (Å²) >= 11 is 0. The molecule has 15 atom stereocenters. The molecule has 3 saturated heterocycles. The lowest BCUT2D eigenvalue weighted by Crippen LogP contribution is -2.67. The summed E-state index contributed by atoms with van der Waals surface area (Å²) in [5.41, 5.74) is 8.56. The Bertz CT molecular complexity index is 3800. The Kier molecular flexibility index (Phi) is 29.8. The minimum Gasteiger partial charge on any atom is -0.497 e. The number of hydrogen-bond donors (Lipinski definition) is 0. The third-order valence-corrected chi connectivity index (χ3v) is 18.8. The molecule has 9 aromatic rings. The normalized spacial score (nSPS) is 24.7. The summed E-state index contributed by atoms with van der Waals surface area (Å²) in [7, 11) is 1.66. The first-order chi connectivity index (χ1) is 51.4. The molecule has 3 heterocycles. The van der Waals surface area contributed by atoms with Crippen molar-refractivity contribution in [1.29, 1.82) is 0 Å². The van der Waals surface area contributed by atoms with Crippen LogP contribution in [0.5, 0.6) is 5.75 Å². The van der Waals surface area contributed by atoms with Crippen LogP contribution in [0.1, 0.15) is 69.8 Å². The largest absolute Gasteiger partial charge is 0.497 e. The van der Waals surface area contributed by atoms with Gasteiger partial charge in [0, 0.05) is 5.92 Å². The van der Waals surface area contributed by atoms with Crippen LogP contribution in [0, 0.1) is 5.92 Å². The van der Waals surface area contributed by atoms with Gasteiger partial charge in [0.2, 0.25) is 0 Å². The van der Waals surface area contributed by atoms with Crippen LogP contribution in [0.3, 0.4) is 0 Å². The summed E-state index contributed by atoms with van der Waals surface area (Å²) in [5.74, 6) is 0.446. The molecule has 3 aliphatic heterocycles. The lowest BCUT2D eigenvalue weighted by Gasteiger charge is -2.51. The summed E-state index contributed by atoms with van der Waals surface area (Å²) < 4.78 is 114. The molecule has 16 nitrogen and oxygen atoms in total. The molecule has 0 aliphatic carbocycles. The van der Waals surface area contributed by atoms with Gasteiger partial charge in [-0.15, -0.1) is 6.58 Å². The lowest BCUT2D eigenvalue weighted by molar-refractivity contribution is -0.393. The lowest BCUT2D eigenvalue weighted by atomic mass is 9.90. The van der Waals surface area contributed by atoms with Gasteiger partial charge in [-0.1, -0.05) is 268 Å². The van der Waals surface area contributed by atoms with E-state index in [4.69, 9.17) is 75.8 Å². The number of unbranched alkanes of at least 4 members (excludes halogenated alkanes) is 1. The van der Waals surface area contributed by atoms with Crippen LogP contribution in [0.2, 0.25) is 0 Å². The molecule has 3 aliphatic rings. The Balaban J connectivity index is 0.975. The molecule has 104 heavy (non-hydrogen) atoms. The first-order valence-electron chi connectivity index (χ1n) is 36.3. The smallest absolute Gasteiger partial charge is 0.187 e. The fourth-order valence-electron chi connectivity index (χ4n) is 13.2. The van der Waals surface area contributed by atoms with Crippen molar-refractivity contribution in [1.82, 2.24) is 0 Å². The number of allylic oxidation sites excluding steroid dienone is 1. The van der Waals surface area contributed by atoms with Gasteiger partial charge in [0.25, 0.3) is 0 Å². The van der Waals surface area contributed by atoms with E-state index >= 15 is 0 Å². The van der Waals surface area contributed by atoms with E-state index in [9.17, 15) is 0 Å². The van der Waals surface area contributed by atoms with Gasteiger partial charge < -0.3 is 75.8 Å². The average molecular weight is 1410 g/mol. The second-order valence-corrected chi connectivity index (χ2v) is 26.4. The van der Waals surface area contributed by atoms with E-state index in [2.05, 4.69) is 13.5 Å². The molecular weight excluding hydrogens is 1310 g/mol. The SMILES string of the molecule is C=CCCCO[C@@H]1OC(COCc2ccccc2)[C@@H](O[C@@H]2OC(COCc3ccccc3)[C@H](O[C@H]3OC(COCc4ccccc4)[C@H](C)[C@@H](OCc4ccc(OC)cc4)C3OCc3ccccc3)[C@@H](OCc3ccccc3)C2OCc2ccccc2)[C@H](OCc2ccccc2)C1OCc1ccccc1. The Hall–Kier alpha value is -8.08. The molecule has 0 saturated carbocycles. The average Bonchev–Trinajstić information content (AvgIpc) is 0.765. The number of methoxy groups -OCH3 is 1. The number of benzene rings is 9. The Morgan fingerprint density at radius 1 is 0.298 bits per heavy atom. The van der Waals surface area contributed by atoms with Crippen molar-refractivity contribution in [2.45, 2.75) is 165 Å². The summed E-state index contributed by atoms with van der Waals surface area (Å²) in [6, 6.07) is 88.3. The highest BCUT2D eigenvalue weighted by atomic mass is 16.8. The summed E-state index contributed by atoms with van der Waals surface area (Å²) in [5, 5.41) is 0. The van der Waals surface area contributed by atoms with Gasteiger partial charge in [0.1, 0.15) is 60.7 Å². The zero-order chi connectivity index (χ0) is 71.2. The Morgan fingerprint density at radius 2 is 0.577 bits per heavy atom. The first kappa shape index (κ1) is 75.6. The molecule has 0 radical (unpaired) electrons. The van der Waals surface area contributed by atoms with E-state index in [1.165, 1.54) is 0 Å². The molecule has 6 unspecified atom stereocenters. The minimum absolute atomic E-state index is 0.0160. The molecule has 546 valence electrons. The molecule has 0 bridgehead atoms. The van der Waals surface area contributed by atoms with Gasteiger partial charge in [0.05, 0.1) is 105 Å². The van der Waals surface area contributed by atoms with E-state index in [0.717, 1.165) is 62.2 Å². The van der Waals surface area contributed by atoms with Crippen LogP contribution in [-0.2, 0) is 131 Å². The first-order valence-corrected chi connectivity index (χ1v) is 36.3. The third kappa shape index (κ3) is 22.5. The zero-order valence-electron chi connectivity index (χ0n) is 59.5. The quantitative estimate of drug-likeness (QED) is 0.0265. The van der Waals surface area contributed by atoms with Crippen molar-refractivity contribution in [3.8, 4) is 5.75 Å². The Labute approximate surface area is 612 Å². The van der Waals surface area contributed by atoms with E-state index < -0.39 is 86.0 Å². The monoisotopic (exact) mass is 1410 g/mol. The van der Waals surface area contributed by atoms with Gasteiger partial charge in [-0.3, -0.25) is 0 Å². The molecule has 0 amide bonds. The standard InChI is InChI=1S/C88H98O16/c1-4-5-30-51-93-86-84(98-58-71-43-26-12-27-44-71)81(95-55-68-37-20-9-21-38-68)79(76(101-86)62-91-53-66-33-16-7-17-34-66)104-88-85(99-59-72-45-28-13-29-46-72)82(96-56-69-39-22-10-23-40-69)80(77(102-88)63-92-54-67-35-18-8-19-36-67)103-87-83(97-57-70-41-24-11-25-42-70)78(94-60-73-47-49-74(89-3)50-48-73)64(2)75(100-87)61-90-52-65-31-14-6-15-32-65/h4,6-29,31-50,64,75-88H,1,5,30,51-63H2,2-3H3/t64-,75?,76?,77?,78+,79+,80-,81-,82+,83?,84?,85?,86+,87+,88-/m0/s1. The highest BCUT2D eigenvalue weighted by Crippen LogP contribution is 2.40. The van der Waals surface area contributed by atoms with Crippen molar-refractivity contribution in [2.24, 2.45) is 5.92 Å². The summed E-state index contributed by atoms with van der Waals surface area (Å²) in [6.07, 6.45) is -9.86. The van der Waals surface area contributed by atoms with Crippen molar-refractivity contribution in [3.63, 3.8) is 0 Å². The number of rotatable bonds is 40. The van der Waals surface area contributed by atoms with E-state index in [1.807, 2.05) is 273 Å². The molecule has 9 aromatic carbocycles. The molecule has 0 N–H and O–H groups in total. The maximum Gasteiger partial charge on any atom is 0.187 e. The molecule has 0 spiro atoms. The maximum atomic E-state index is 7.85. The predicted molar refractivity (Wildman–Crippen MR) is 395 cm³/mol.